The molecule has 0 aromatic heterocycles. The smallest absolute Gasteiger partial charge is 0.0314 e. The highest BCUT2D eigenvalue weighted by molar-refractivity contribution is 4.96. The van der Waals surface area contributed by atoms with Crippen molar-refractivity contribution in [2.24, 2.45) is 0 Å². The van der Waals surface area contributed by atoms with E-state index in [2.05, 4.69) is 6.08 Å². The van der Waals surface area contributed by atoms with E-state index in [0.29, 0.717) is 0 Å². The van der Waals surface area contributed by atoms with Crippen molar-refractivity contribution in [2.45, 2.75) is 45.4 Å². The lowest BCUT2D eigenvalue weighted by Gasteiger charge is -1.96. The first kappa shape index (κ1) is 6.85. The van der Waals surface area contributed by atoms with Gasteiger partial charge in [0.1, 0.15) is 0 Å². The molecule has 0 aliphatic heterocycles. The number of hydrogen-bond donors (Lipinski definition) is 0. The van der Waals surface area contributed by atoms with Crippen LogP contribution in [0.15, 0.2) is 5.57 Å². The summed E-state index contributed by atoms with van der Waals surface area (Å²) in [5, 5.41) is 0. The standard InChI is InChI=1S/C9H15/c1-2-9-7-5-3-4-6-8-9/h3-8H2,1H3. The molecular formula is C9H15. The van der Waals surface area contributed by atoms with Crippen LogP contribution in [-0.2, 0) is 0 Å². The molecule has 0 nitrogen and oxygen atoms in total. The van der Waals surface area contributed by atoms with Crippen molar-refractivity contribution in [1.82, 2.24) is 0 Å². The second-order valence-corrected chi connectivity index (χ2v) is 2.77. The molecule has 0 N–H and O–H groups in total. The lowest BCUT2D eigenvalue weighted by Crippen LogP contribution is -1.77. The summed E-state index contributed by atoms with van der Waals surface area (Å²) in [4.78, 5) is 0. The Hall–Kier alpha value is -0.260. The van der Waals surface area contributed by atoms with Crippen LogP contribution >= 0.6 is 0 Å². The minimum Gasteiger partial charge on any atom is -0.0670 e. The van der Waals surface area contributed by atoms with Crippen molar-refractivity contribution in [3.8, 4) is 0 Å². The van der Waals surface area contributed by atoms with Crippen molar-refractivity contribution in [1.29, 1.82) is 0 Å². The fourth-order valence-corrected chi connectivity index (χ4v) is 1.41. The monoisotopic (exact) mass is 123 g/mol. The normalized spacial score (nSPS) is 21.2. The Morgan fingerprint density at radius 2 is 1.56 bits per heavy atom. The maximum absolute atomic E-state index is 3.26. The summed E-state index contributed by atoms with van der Waals surface area (Å²) in [6, 6.07) is 0. The van der Waals surface area contributed by atoms with Gasteiger partial charge in [0.15, 0.2) is 0 Å². The van der Waals surface area contributed by atoms with Crippen LogP contribution in [0.25, 0.3) is 0 Å². The molecule has 0 heteroatoms. The molecule has 1 aliphatic rings. The Balaban J connectivity index is 2.36. The van der Waals surface area contributed by atoms with Gasteiger partial charge in [-0.15, -0.1) is 0 Å². The van der Waals surface area contributed by atoms with E-state index in [4.69, 9.17) is 0 Å². The molecular weight excluding hydrogens is 108 g/mol. The zero-order valence-corrected chi connectivity index (χ0v) is 6.24. The maximum Gasteiger partial charge on any atom is -0.0314 e. The van der Waals surface area contributed by atoms with E-state index in [1.54, 1.807) is 5.57 Å². The van der Waals surface area contributed by atoms with Crippen molar-refractivity contribution in [2.75, 3.05) is 0 Å². The quantitative estimate of drug-likeness (QED) is 0.434. The third-order valence-electron chi connectivity index (χ3n) is 2.06. The van der Waals surface area contributed by atoms with Crippen LogP contribution in [0.2, 0.25) is 0 Å². The van der Waals surface area contributed by atoms with Gasteiger partial charge in [-0.25, -0.2) is 0 Å². The summed E-state index contributed by atoms with van der Waals surface area (Å²) in [6.45, 7) is 2.04. The Kier molecular flexibility index (Phi) is 2.82. The molecule has 0 bridgehead atoms. The molecule has 1 radical (unpaired) electrons. The van der Waals surface area contributed by atoms with E-state index in [1.807, 2.05) is 6.92 Å². The first-order valence-electron chi connectivity index (χ1n) is 3.96. The van der Waals surface area contributed by atoms with Crippen molar-refractivity contribution >= 4 is 0 Å². The molecule has 0 aromatic carbocycles. The van der Waals surface area contributed by atoms with E-state index >= 15 is 0 Å². The fraction of sp³-hybridized carbons (Fsp3) is 0.778. The van der Waals surface area contributed by atoms with Crippen LogP contribution in [0.5, 0.6) is 0 Å². The lowest BCUT2D eigenvalue weighted by atomic mass is 10.1. The van der Waals surface area contributed by atoms with Crippen molar-refractivity contribution < 1.29 is 0 Å². The van der Waals surface area contributed by atoms with E-state index in [-0.39, 0.29) is 0 Å². The SMILES string of the molecule is C[C]=C1CCCCCC1. The summed E-state index contributed by atoms with van der Waals surface area (Å²) >= 11 is 0. The second kappa shape index (κ2) is 3.71. The highest BCUT2D eigenvalue weighted by Crippen LogP contribution is 2.20. The topological polar surface area (TPSA) is 0 Å². The number of allylic oxidation sites excluding steroid dienone is 2. The third kappa shape index (κ3) is 2.21. The van der Waals surface area contributed by atoms with Gasteiger partial charge in [-0.2, -0.15) is 0 Å². The van der Waals surface area contributed by atoms with E-state index in [0.717, 1.165) is 0 Å². The molecule has 0 atom stereocenters. The van der Waals surface area contributed by atoms with Gasteiger partial charge in [0.05, 0.1) is 0 Å². The molecule has 1 aliphatic carbocycles. The first-order chi connectivity index (χ1) is 4.43. The molecule has 1 saturated carbocycles. The van der Waals surface area contributed by atoms with Gasteiger partial charge in [0, 0.05) is 0 Å². The van der Waals surface area contributed by atoms with Crippen LogP contribution in [-0.4, -0.2) is 0 Å². The molecule has 0 amide bonds. The average molecular weight is 123 g/mol. The van der Waals surface area contributed by atoms with Gasteiger partial charge in [-0.1, -0.05) is 18.4 Å². The lowest BCUT2D eigenvalue weighted by molar-refractivity contribution is 0.702. The minimum absolute atomic E-state index is 1.32. The maximum atomic E-state index is 3.26. The van der Waals surface area contributed by atoms with Gasteiger partial charge in [-0.05, 0) is 38.7 Å². The molecule has 1 rings (SSSR count). The van der Waals surface area contributed by atoms with Crippen LogP contribution in [0.1, 0.15) is 45.4 Å². The molecule has 1 fully saturated rings. The second-order valence-electron chi connectivity index (χ2n) is 2.77. The summed E-state index contributed by atoms with van der Waals surface area (Å²) in [5.74, 6) is 0. The number of rotatable bonds is 0. The molecule has 51 valence electrons. The zero-order chi connectivity index (χ0) is 6.53. The summed E-state index contributed by atoms with van der Waals surface area (Å²) in [5.41, 5.74) is 1.56. The average Bonchev–Trinajstić information content (AvgIpc) is 2.13. The van der Waals surface area contributed by atoms with E-state index < -0.39 is 0 Å². The van der Waals surface area contributed by atoms with Crippen LogP contribution in [0.4, 0.5) is 0 Å². The van der Waals surface area contributed by atoms with Crippen molar-refractivity contribution in [3.63, 3.8) is 0 Å². The zero-order valence-electron chi connectivity index (χ0n) is 6.24. The Labute approximate surface area is 58.0 Å². The Bertz CT molecular complexity index is 90.6. The van der Waals surface area contributed by atoms with Gasteiger partial charge in [-0.3, -0.25) is 0 Å². The van der Waals surface area contributed by atoms with E-state index in [1.165, 1.54) is 38.5 Å². The van der Waals surface area contributed by atoms with Crippen LogP contribution in [0, 0.1) is 6.08 Å². The molecule has 0 saturated heterocycles. The first-order valence-corrected chi connectivity index (χ1v) is 3.96. The molecule has 9 heavy (non-hydrogen) atoms. The summed E-state index contributed by atoms with van der Waals surface area (Å²) in [6.07, 6.45) is 11.6. The highest BCUT2D eigenvalue weighted by Gasteiger charge is 2.01. The van der Waals surface area contributed by atoms with Gasteiger partial charge in [0.25, 0.3) is 0 Å². The molecule has 0 heterocycles. The largest absolute Gasteiger partial charge is 0.0670 e. The molecule has 0 unspecified atom stereocenters. The Morgan fingerprint density at radius 3 is 2.00 bits per heavy atom. The highest BCUT2D eigenvalue weighted by atomic mass is 14.1. The van der Waals surface area contributed by atoms with Gasteiger partial charge >= 0.3 is 0 Å². The third-order valence-corrected chi connectivity index (χ3v) is 2.06. The number of hydrogen-bond acceptors (Lipinski definition) is 0. The summed E-state index contributed by atoms with van der Waals surface area (Å²) < 4.78 is 0. The van der Waals surface area contributed by atoms with Crippen LogP contribution in [0.3, 0.4) is 0 Å². The molecule has 0 aromatic rings. The van der Waals surface area contributed by atoms with Crippen molar-refractivity contribution in [3.05, 3.63) is 11.6 Å². The Morgan fingerprint density at radius 1 is 1.00 bits per heavy atom. The van der Waals surface area contributed by atoms with E-state index in [9.17, 15) is 0 Å². The predicted molar refractivity (Wildman–Crippen MR) is 40.1 cm³/mol. The van der Waals surface area contributed by atoms with Gasteiger partial charge in [0.2, 0.25) is 0 Å². The minimum atomic E-state index is 1.32. The predicted octanol–water partition coefficient (Wildman–Crippen LogP) is 3.09. The van der Waals surface area contributed by atoms with Gasteiger partial charge < -0.3 is 0 Å². The van der Waals surface area contributed by atoms with Crippen LogP contribution < -0.4 is 0 Å². The molecule has 0 spiro atoms. The fourth-order valence-electron chi connectivity index (χ4n) is 1.41. The summed E-state index contributed by atoms with van der Waals surface area (Å²) in [7, 11) is 0.